The number of ether oxygens (including phenoxy) is 1. The van der Waals surface area contributed by atoms with Crippen LogP contribution in [0.25, 0.3) is 0 Å². The second kappa shape index (κ2) is 14.3. The Bertz CT molecular complexity index is 548. The molecule has 1 unspecified atom stereocenters. The Morgan fingerprint density at radius 3 is 2.30 bits per heavy atom. The van der Waals surface area contributed by atoms with Crippen molar-refractivity contribution >= 4 is 45.9 Å². The van der Waals surface area contributed by atoms with Crippen LogP contribution in [0.4, 0.5) is 4.79 Å². The normalized spacial score (nSPS) is 13.3. The van der Waals surface area contributed by atoms with Crippen molar-refractivity contribution in [2.75, 3.05) is 31.6 Å². The molecule has 0 aliphatic rings. The van der Waals surface area contributed by atoms with Gasteiger partial charge in [-0.15, -0.1) is 24.0 Å². The van der Waals surface area contributed by atoms with Gasteiger partial charge < -0.3 is 20.7 Å². The minimum atomic E-state index is -3.05. The number of carbonyl (C=O) groups is 1. The molecule has 0 aromatic carbocycles. The molecule has 0 radical (unpaired) electrons. The third-order valence-corrected chi connectivity index (χ3v) is 4.14. The van der Waals surface area contributed by atoms with Crippen LogP contribution in [0, 0.1) is 0 Å². The van der Waals surface area contributed by atoms with Gasteiger partial charge in [0.1, 0.15) is 15.4 Å². The molecule has 0 aliphatic heterocycles. The highest BCUT2D eigenvalue weighted by atomic mass is 127. The fourth-order valence-corrected chi connectivity index (χ4v) is 2.46. The number of nitrogens with one attached hydrogen (secondary N) is 3. The number of hydrogen-bond acceptors (Lipinski definition) is 5. The summed E-state index contributed by atoms with van der Waals surface area (Å²) in [5.74, 6) is 0.544. The molecule has 1 atom stereocenters. The number of sulfone groups is 1. The Labute approximate surface area is 181 Å². The van der Waals surface area contributed by atoms with Crippen molar-refractivity contribution in [3.63, 3.8) is 0 Å². The van der Waals surface area contributed by atoms with Gasteiger partial charge in [-0.05, 0) is 34.1 Å². The number of carbonyl (C=O) groups excluding carboxylic acids is 1. The fraction of sp³-hybridized carbons (Fsp3) is 0.882. The van der Waals surface area contributed by atoms with Gasteiger partial charge in [0.05, 0.1) is 12.3 Å². The van der Waals surface area contributed by atoms with Crippen LogP contribution in [0.2, 0.25) is 0 Å². The first kappa shape index (κ1) is 28.4. The SMILES string of the molecule is CCCCC(CNC(=O)OC(C)(C)C)NC(=NCCS(C)(=O)=O)NCC.I. The van der Waals surface area contributed by atoms with Gasteiger partial charge in [0.25, 0.3) is 0 Å². The van der Waals surface area contributed by atoms with Crippen LogP contribution >= 0.6 is 24.0 Å². The largest absolute Gasteiger partial charge is 0.444 e. The maximum absolute atomic E-state index is 11.9. The number of alkyl carbamates (subject to hydrolysis) is 1. The standard InChI is InChI=1S/C17H36N4O4S.HI/c1-7-9-10-14(13-20-16(22)25-17(3,4)5)21-15(18-8-2)19-11-12-26(6,23)24;/h14H,7-13H2,1-6H3,(H,20,22)(H2,18,19,21);1H. The number of rotatable bonds is 10. The van der Waals surface area contributed by atoms with Crippen LogP contribution in [-0.4, -0.2) is 63.8 Å². The van der Waals surface area contributed by atoms with Gasteiger partial charge >= 0.3 is 6.09 Å². The Kier molecular flexibility index (Phi) is 15.0. The van der Waals surface area contributed by atoms with Crippen molar-refractivity contribution in [2.45, 2.75) is 65.5 Å². The van der Waals surface area contributed by atoms with Crippen molar-refractivity contribution < 1.29 is 17.9 Å². The molecule has 0 aromatic rings. The molecule has 1 amide bonds. The maximum atomic E-state index is 11.9. The smallest absolute Gasteiger partial charge is 0.407 e. The zero-order valence-corrected chi connectivity index (χ0v) is 20.6. The van der Waals surface area contributed by atoms with Gasteiger partial charge in [0.2, 0.25) is 0 Å². The molecule has 10 heteroatoms. The van der Waals surface area contributed by atoms with E-state index in [-0.39, 0.29) is 42.3 Å². The lowest BCUT2D eigenvalue weighted by Gasteiger charge is -2.24. The summed E-state index contributed by atoms with van der Waals surface area (Å²) in [6, 6.07) is -0.0292. The Balaban J connectivity index is 0. The average Bonchev–Trinajstić information content (AvgIpc) is 2.47. The molecule has 0 bridgehead atoms. The van der Waals surface area contributed by atoms with Gasteiger partial charge in [0.15, 0.2) is 5.96 Å². The van der Waals surface area contributed by atoms with E-state index in [0.717, 1.165) is 19.3 Å². The first-order valence-corrected chi connectivity index (χ1v) is 11.2. The molecule has 0 aliphatic carbocycles. The van der Waals surface area contributed by atoms with Crippen molar-refractivity contribution in [2.24, 2.45) is 4.99 Å². The lowest BCUT2D eigenvalue weighted by molar-refractivity contribution is 0.0522. The number of aliphatic imine (C=N–C) groups is 1. The highest BCUT2D eigenvalue weighted by Gasteiger charge is 2.18. The molecule has 0 heterocycles. The fourth-order valence-electron chi connectivity index (χ4n) is 2.03. The number of amides is 1. The van der Waals surface area contributed by atoms with Crippen molar-refractivity contribution in [1.82, 2.24) is 16.0 Å². The van der Waals surface area contributed by atoms with Gasteiger partial charge in [-0.25, -0.2) is 13.2 Å². The maximum Gasteiger partial charge on any atom is 0.407 e. The summed E-state index contributed by atoms with van der Waals surface area (Å²) in [4.78, 5) is 16.2. The minimum absolute atomic E-state index is 0. The van der Waals surface area contributed by atoms with E-state index in [1.165, 1.54) is 6.26 Å². The predicted octanol–water partition coefficient (Wildman–Crippen LogP) is 2.29. The summed E-state index contributed by atoms with van der Waals surface area (Å²) in [5.41, 5.74) is -0.543. The van der Waals surface area contributed by atoms with E-state index in [4.69, 9.17) is 4.74 Å². The number of nitrogens with zero attached hydrogens (tertiary/aromatic N) is 1. The highest BCUT2D eigenvalue weighted by molar-refractivity contribution is 14.0. The first-order valence-electron chi connectivity index (χ1n) is 9.16. The van der Waals surface area contributed by atoms with E-state index in [0.29, 0.717) is 19.0 Å². The van der Waals surface area contributed by atoms with Crippen molar-refractivity contribution in [1.29, 1.82) is 0 Å². The van der Waals surface area contributed by atoms with E-state index in [1.807, 2.05) is 27.7 Å². The van der Waals surface area contributed by atoms with Gasteiger partial charge in [-0.3, -0.25) is 4.99 Å². The van der Waals surface area contributed by atoms with E-state index < -0.39 is 21.5 Å². The predicted molar refractivity (Wildman–Crippen MR) is 122 cm³/mol. The van der Waals surface area contributed by atoms with Crippen molar-refractivity contribution in [3.8, 4) is 0 Å². The molecule has 3 N–H and O–H groups in total. The number of guanidine groups is 1. The molecular weight excluding hydrogens is 483 g/mol. The summed E-state index contributed by atoms with van der Waals surface area (Å²) in [6.07, 6.45) is 3.61. The third-order valence-electron chi connectivity index (χ3n) is 3.21. The molecule has 27 heavy (non-hydrogen) atoms. The number of halogens is 1. The lowest BCUT2D eigenvalue weighted by atomic mass is 10.1. The quantitative estimate of drug-likeness (QED) is 0.232. The lowest BCUT2D eigenvalue weighted by Crippen LogP contribution is -2.49. The molecule has 0 saturated heterocycles. The minimum Gasteiger partial charge on any atom is -0.444 e. The van der Waals surface area contributed by atoms with E-state index >= 15 is 0 Å². The molecule has 0 rings (SSSR count). The van der Waals surface area contributed by atoms with Crippen LogP contribution in [0.15, 0.2) is 4.99 Å². The van der Waals surface area contributed by atoms with Gasteiger partial charge in [-0.2, -0.15) is 0 Å². The summed E-state index contributed by atoms with van der Waals surface area (Å²) in [6.45, 7) is 10.7. The molecule has 0 spiro atoms. The van der Waals surface area contributed by atoms with Crippen LogP contribution in [-0.2, 0) is 14.6 Å². The second-order valence-corrected chi connectivity index (χ2v) is 9.52. The number of unbranched alkanes of at least 4 members (excludes halogenated alkanes) is 1. The first-order chi connectivity index (χ1) is 12.0. The summed E-state index contributed by atoms with van der Waals surface area (Å²) in [7, 11) is -3.05. The highest BCUT2D eigenvalue weighted by Crippen LogP contribution is 2.07. The monoisotopic (exact) mass is 520 g/mol. The van der Waals surface area contributed by atoms with E-state index in [1.54, 1.807) is 0 Å². The number of hydrogen-bond donors (Lipinski definition) is 3. The molecule has 0 fully saturated rings. The molecule has 0 saturated carbocycles. The molecule has 8 nitrogen and oxygen atoms in total. The Hall–Kier alpha value is -0.780. The van der Waals surface area contributed by atoms with Crippen LogP contribution in [0.5, 0.6) is 0 Å². The van der Waals surface area contributed by atoms with E-state index in [9.17, 15) is 13.2 Å². The molecule has 0 aromatic heterocycles. The second-order valence-electron chi connectivity index (χ2n) is 7.26. The van der Waals surface area contributed by atoms with Gasteiger partial charge in [0, 0.05) is 25.4 Å². The van der Waals surface area contributed by atoms with Gasteiger partial charge in [-0.1, -0.05) is 19.8 Å². The topological polar surface area (TPSA) is 109 Å². The summed E-state index contributed by atoms with van der Waals surface area (Å²) in [5, 5.41) is 9.14. The van der Waals surface area contributed by atoms with Crippen molar-refractivity contribution in [3.05, 3.63) is 0 Å². The summed E-state index contributed by atoms with van der Waals surface area (Å²) >= 11 is 0. The van der Waals surface area contributed by atoms with Crippen LogP contribution < -0.4 is 16.0 Å². The average molecular weight is 520 g/mol. The molecular formula is C17H37IN4O4S. The van der Waals surface area contributed by atoms with Crippen LogP contribution in [0.1, 0.15) is 53.9 Å². The third kappa shape index (κ3) is 18.4. The molecule has 162 valence electrons. The summed E-state index contributed by atoms with van der Waals surface area (Å²) < 4.78 is 27.8. The zero-order valence-electron chi connectivity index (χ0n) is 17.4. The Morgan fingerprint density at radius 1 is 1.19 bits per heavy atom. The Morgan fingerprint density at radius 2 is 1.81 bits per heavy atom. The van der Waals surface area contributed by atoms with Crippen LogP contribution in [0.3, 0.4) is 0 Å². The van der Waals surface area contributed by atoms with E-state index in [2.05, 4.69) is 27.9 Å². The zero-order chi connectivity index (χ0) is 20.2.